The number of ether oxygens (including phenoxy) is 3. The maximum absolute atomic E-state index is 11.4. The zero-order valence-electron chi connectivity index (χ0n) is 12.7. The molecule has 0 amide bonds. The van der Waals surface area contributed by atoms with Crippen LogP contribution in [0.5, 0.6) is 23.0 Å². The van der Waals surface area contributed by atoms with Gasteiger partial charge in [-0.2, -0.15) is 0 Å². The number of phenolic OH excluding ortho intramolecular Hbond substituents is 1. The van der Waals surface area contributed by atoms with Gasteiger partial charge in [0.05, 0.1) is 14.2 Å². The van der Waals surface area contributed by atoms with E-state index in [9.17, 15) is 9.90 Å². The molecule has 0 bridgehead atoms. The predicted octanol–water partition coefficient (Wildman–Crippen LogP) is 3.10. The molecule has 2 rings (SSSR count). The fraction of sp³-hybridized carbons (Fsp3) is 0.312. The first kappa shape index (κ1) is 15.0. The van der Waals surface area contributed by atoms with Crippen LogP contribution in [0.2, 0.25) is 0 Å². The minimum absolute atomic E-state index is 0.0386. The third-order valence-electron chi connectivity index (χ3n) is 3.42. The predicted molar refractivity (Wildman–Crippen MR) is 79.5 cm³/mol. The average molecular weight is 290 g/mol. The molecule has 0 heterocycles. The Balaban J connectivity index is 2.96. The number of esters is 1. The van der Waals surface area contributed by atoms with E-state index in [1.54, 1.807) is 0 Å². The molecule has 1 N–H and O–H groups in total. The first-order chi connectivity index (χ1) is 9.90. The summed E-state index contributed by atoms with van der Waals surface area (Å²) in [6, 6.07) is 3.68. The molecule has 2 aromatic carbocycles. The third-order valence-corrected chi connectivity index (χ3v) is 3.42. The van der Waals surface area contributed by atoms with Gasteiger partial charge >= 0.3 is 5.97 Å². The summed E-state index contributed by atoms with van der Waals surface area (Å²) in [4.78, 5) is 11.4. The number of hydrogen-bond acceptors (Lipinski definition) is 5. The Bertz CT molecular complexity index is 719. The number of aromatic hydroxyl groups is 1. The number of carbonyl (C=O) groups excluding carboxylic acids is 1. The van der Waals surface area contributed by atoms with Gasteiger partial charge in [0.1, 0.15) is 0 Å². The smallest absolute Gasteiger partial charge is 0.308 e. The zero-order valence-corrected chi connectivity index (χ0v) is 12.7. The van der Waals surface area contributed by atoms with E-state index in [-0.39, 0.29) is 23.0 Å². The van der Waals surface area contributed by atoms with Crippen molar-refractivity contribution in [2.75, 3.05) is 14.2 Å². The lowest BCUT2D eigenvalue weighted by Gasteiger charge is -2.17. The van der Waals surface area contributed by atoms with E-state index < -0.39 is 5.97 Å². The summed E-state index contributed by atoms with van der Waals surface area (Å²) in [5.41, 5.74) is 2.03. The number of rotatable bonds is 3. The van der Waals surface area contributed by atoms with Gasteiger partial charge in [-0.05, 0) is 37.1 Å². The Morgan fingerprint density at radius 1 is 0.952 bits per heavy atom. The van der Waals surface area contributed by atoms with E-state index >= 15 is 0 Å². The van der Waals surface area contributed by atoms with Gasteiger partial charge in [-0.1, -0.05) is 0 Å². The second-order valence-corrected chi connectivity index (χ2v) is 4.82. The molecule has 0 unspecified atom stereocenters. The van der Waals surface area contributed by atoms with Gasteiger partial charge in [0, 0.05) is 17.7 Å². The van der Waals surface area contributed by atoms with Crippen LogP contribution >= 0.6 is 0 Å². The molecule has 0 saturated heterocycles. The summed E-state index contributed by atoms with van der Waals surface area (Å²) in [6.45, 7) is 5.20. The first-order valence-electron chi connectivity index (χ1n) is 6.47. The lowest BCUT2D eigenvalue weighted by atomic mass is 10.0. The molecule has 21 heavy (non-hydrogen) atoms. The SMILES string of the molecule is COc1c(OC)c(OC(C)=O)c2cc(C)c(C)cc2c1O. The minimum atomic E-state index is -0.472. The van der Waals surface area contributed by atoms with Crippen molar-refractivity contribution in [2.24, 2.45) is 0 Å². The highest BCUT2D eigenvalue weighted by atomic mass is 16.6. The summed E-state index contributed by atoms with van der Waals surface area (Å²) in [7, 11) is 2.85. The second kappa shape index (κ2) is 5.52. The summed E-state index contributed by atoms with van der Waals surface area (Å²) in [5.74, 6) is 0.0760. The number of methoxy groups -OCH3 is 2. The summed E-state index contributed by atoms with van der Waals surface area (Å²) >= 11 is 0. The van der Waals surface area contributed by atoms with Gasteiger partial charge in [0.2, 0.25) is 11.5 Å². The van der Waals surface area contributed by atoms with Gasteiger partial charge in [0.15, 0.2) is 11.5 Å². The first-order valence-corrected chi connectivity index (χ1v) is 6.47. The van der Waals surface area contributed by atoms with E-state index in [0.29, 0.717) is 10.8 Å². The van der Waals surface area contributed by atoms with Crippen LogP contribution in [0.1, 0.15) is 18.1 Å². The van der Waals surface area contributed by atoms with E-state index in [1.807, 2.05) is 26.0 Å². The molecule has 0 aliphatic heterocycles. The summed E-state index contributed by atoms with van der Waals surface area (Å²) in [5, 5.41) is 11.5. The molecular formula is C16H18O5. The van der Waals surface area contributed by atoms with Crippen molar-refractivity contribution in [1.82, 2.24) is 0 Å². The number of phenols is 1. The maximum Gasteiger partial charge on any atom is 0.308 e. The average Bonchev–Trinajstić information content (AvgIpc) is 2.43. The lowest BCUT2D eigenvalue weighted by Crippen LogP contribution is -2.05. The van der Waals surface area contributed by atoms with Crippen LogP contribution in [0.3, 0.4) is 0 Å². The highest BCUT2D eigenvalue weighted by Gasteiger charge is 2.23. The van der Waals surface area contributed by atoms with Crippen LogP contribution in [0.4, 0.5) is 0 Å². The molecule has 2 aromatic rings. The van der Waals surface area contributed by atoms with Crippen LogP contribution in [0, 0.1) is 13.8 Å². The summed E-state index contributed by atoms with van der Waals surface area (Å²) < 4.78 is 15.8. The van der Waals surface area contributed by atoms with Crippen molar-refractivity contribution in [3.05, 3.63) is 23.3 Å². The molecule has 0 aliphatic carbocycles. The largest absolute Gasteiger partial charge is 0.504 e. The molecule has 0 aliphatic rings. The normalized spacial score (nSPS) is 10.5. The van der Waals surface area contributed by atoms with Crippen molar-refractivity contribution in [3.8, 4) is 23.0 Å². The number of fused-ring (bicyclic) bond motifs is 1. The van der Waals surface area contributed by atoms with E-state index in [1.165, 1.54) is 21.1 Å². The molecule has 112 valence electrons. The van der Waals surface area contributed by atoms with Crippen LogP contribution in [0.15, 0.2) is 12.1 Å². The Morgan fingerprint density at radius 2 is 1.48 bits per heavy atom. The van der Waals surface area contributed by atoms with Crippen LogP contribution in [0.25, 0.3) is 10.8 Å². The van der Waals surface area contributed by atoms with Crippen LogP contribution in [-0.4, -0.2) is 25.3 Å². The molecule has 0 atom stereocenters. The maximum atomic E-state index is 11.4. The number of hydrogen-bond donors (Lipinski definition) is 1. The van der Waals surface area contributed by atoms with Crippen LogP contribution < -0.4 is 14.2 Å². The molecule has 0 aromatic heterocycles. The van der Waals surface area contributed by atoms with Crippen LogP contribution in [-0.2, 0) is 4.79 Å². The molecule has 5 nitrogen and oxygen atoms in total. The monoisotopic (exact) mass is 290 g/mol. The molecule has 0 radical (unpaired) electrons. The highest BCUT2D eigenvalue weighted by molar-refractivity contribution is 6.00. The van der Waals surface area contributed by atoms with E-state index in [2.05, 4.69) is 0 Å². The lowest BCUT2D eigenvalue weighted by molar-refractivity contribution is -0.131. The standard InChI is InChI=1S/C16H18O5/c1-8-6-11-12(7-9(8)2)14(21-10(3)17)16(20-5)15(19-4)13(11)18/h6-7,18H,1-5H3. The Morgan fingerprint density at radius 3 is 1.95 bits per heavy atom. The molecular weight excluding hydrogens is 272 g/mol. The van der Waals surface area contributed by atoms with E-state index in [4.69, 9.17) is 14.2 Å². The quantitative estimate of drug-likeness (QED) is 0.695. The zero-order chi connectivity index (χ0) is 15.7. The number of carbonyl (C=O) groups is 1. The van der Waals surface area contributed by atoms with Crippen molar-refractivity contribution in [2.45, 2.75) is 20.8 Å². The van der Waals surface area contributed by atoms with Gasteiger partial charge in [-0.3, -0.25) is 4.79 Å². The Hall–Kier alpha value is -2.43. The van der Waals surface area contributed by atoms with Gasteiger partial charge in [-0.25, -0.2) is 0 Å². The number of aryl methyl sites for hydroxylation is 2. The molecule has 0 spiro atoms. The van der Waals surface area contributed by atoms with Crippen molar-refractivity contribution in [3.63, 3.8) is 0 Å². The number of benzene rings is 2. The van der Waals surface area contributed by atoms with Crippen molar-refractivity contribution in [1.29, 1.82) is 0 Å². The van der Waals surface area contributed by atoms with Crippen molar-refractivity contribution >= 4 is 16.7 Å². The van der Waals surface area contributed by atoms with Crippen molar-refractivity contribution < 1.29 is 24.1 Å². The topological polar surface area (TPSA) is 65.0 Å². The van der Waals surface area contributed by atoms with E-state index in [0.717, 1.165) is 11.1 Å². The molecule has 0 fully saturated rings. The molecule has 5 heteroatoms. The minimum Gasteiger partial charge on any atom is -0.504 e. The highest BCUT2D eigenvalue weighted by Crippen LogP contribution is 2.50. The van der Waals surface area contributed by atoms with Gasteiger partial charge in [-0.15, -0.1) is 0 Å². The van der Waals surface area contributed by atoms with Gasteiger partial charge < -0.3 is 19.3 Å². The second-order valence-electron chi connectivity index (χ2n) is 4.82. The van der Waals surface area contributed by atoms with Gasteiger partial charge in [0.25, 0.3) is 0 Å². The summed E-state index contributed by atoms with van der Waals surface area (Å²) in [6.07, 6.45) is 0. The fourth-order valence-corrected chi connectivity index (χ4v) is 2.28. The Kier molecular flexibility index (Phi) is 3.93. The third kappa shape index (κ3) is 2.46. The molecule has 0 saturated carbocycles. The fourth-order valence-electron chi connectivity index (χ4n) is 2.28. The Labute approximate surface area is 123 Å².